The van der Waals surface area contributed by atoms with E-state index in [0.29, 0.717) is 10.5 Å². The lowest BCUT2D eigenvalue weighted by molar-refractivity contribution is 0.00578. The van der Waals surface area contributed by atoms with Crippen LogP contribution in [-0.4, -0.2) is 49.4 Å². The van der Waals surface area contributed by atoms with E-state index in [1.165, 1.54) is 18.3 Å². The first-order valence-electron chi connectivity index (χ1n) is 10.7. The summed E-state index contributed by atoms with van der Waals surface area (Å²) < 4.78 is 78.1. The van der Waals surface area contributed by atoms with Gasteiger partial charge in [-0.1, -0.05) is 0 Å². The largest absolute Gasteiger partial charge is 0.514 e. The molecule has 1 aromatic heterocycles. The number of anilines is 1. The van der Waals surface area contributed by atoms with Crippen LogP contribution in [0.25, 0.3) is 0 Å². The number of ether oxygens (including phenoxy) is 1. The van der Waals surface area contributed by atoms with E-state index >= 15 is 0 Å². The molecule has 0 aromatic carbocycles. The van der Waals surface area contributed by atoms with E-state index in [0.717, 1.165) is 0 Å². The summed E-state index contributed by atoms with van der Waals surface area (Å²) in [5.74, 6) is 0. The van der Waals surface area contributed by atoms with Gasteiger partial charge in [-0.05, 0) is 39.8 Å². The van der Waals surface area contributed by atoms with Crippen molar-refractivity contribution in [3.05, 3.63) is 18.3 Å². The van der Waals surface area contributed by atoms with Crippen LogP contribution in [0.5, 0.6) is 0 Å². The highest BCUT2D eigenvalue weighted by Gasteiger charge is 2.52. The number of methoxy groups -OCH3 is 1. The Kier molecular flexibility index (Phi) is 1.88. The molecule has 3 heterocycles. The molecule has 0 radical (unpaired) electrons. The molecule has 21 heavy (non-hydrogen) atoms. The van der Waals surface area contributed by atoms with Crippen molar-refractivity contribution < 1.29 is 25.0 Å². The van der Waals surface area contributed by atoms with Gasteiger partial charge in [0.05, 0.1) is 39.5 Å². The highest BCUT2D eigenvalue weighted by atomic mass is 16.7. The van der Waals surface area contributed by atoms with Crippen molar-refractivity contribution in [3.63, 3.8) is 0 Å². The van der Waals surface area contributed by atoms with Crippen molar-refractivity contribution in [2.24, 2.45) is 0 Å². The first-order valence-corrected chi connectivity index (χ1v) is 6.68. The summed E-state index contributed by atoms with van der Waals surface area (Å²) >= 11 is 0. The Morgan fingerprint density at radius 3 is 2.57 bits per heavy atom. The van der Waals surface area contributed by atoms with Gasteiger partial charge in [-0.3, -0.25) is 4.98 Å². The van der Waals surface area contributed by atoms with E-state index in [2.05, 4.69) is 9.72 Å². The molecule has 0 saturated carbocycles. The molecule has 2 aliphatic heterocycles. The van der Waals surface area contributed by atoms with E-state index in [1.807, 2.05) is 27.7 Å². The molecular weight excluding hydrogens is 267 g/mol. The van der Waals surface area contributed by atoms with Gasteiger partial charge in [0.1, 0.15) is 0 Å². The third-order valence-electron chi connectivity index (χ3n) is 4.05. The summed E-state index contributed by atoms with van der Waals surface area (Å²) in [7, 11) is -3.87. The second-order valence-electron chi connectivity index (χ2n) is 6.02. The lowest BCUT2D eigenvalue weighted by Crippen LogP contribution is -2.52. The molecule has 3 rings (SSSR count). The highest BCUT2D eigenvalue weighted by molar-refractivity contribution is 6.61. The van der Waals surface area contributed by atoms with Crippen LogP contribution < -0.4 is 10.5 Å². The molecule has 0 atom stereocenters. The Morgan fingerprint density at radius 2 is 2.05 bits per heavy atom. The zero-order chi connectivity index (χ0) is 22.3. The molecule has 2 fully saturated rings. The van der Waals surface area contributed by atoms with Crippen molar-refractivity contribution in [1.82, 2.24) is 4.98 Å². The summed E-state index contributed by atoms with van der Waals surface area (Å²) in [6, 6.07) is 2.93. The van der Waals surface area contributed by atoms with Gasteiger partial charge in [-0.15, -0.1) is 0 Å². The van der Waals surface area contributed by atoms with Gasteiger partial charge in [0.15, 0.2) is 0 Å². The third-order valence-corrected chi connectivity index (χ3v) is 4.05. The maximum atomic E-state index is 8.09. The molecule has 1 aromatic rings. The van der Waals surface area contributed by atoms with Gasteiger partial charge in [0, 0.05) is 26.2 Å². The van der Waals surface area contributed by atoms with E-state index in [9.17, 15) is 0 Å². The minimum absolute atomic E-state index is 0.0253. The molecule has 0 unspecified atom stereocenters. The predicted molar refractivity (Wildman–Crippen MR) is 83.0 cm³/mol. The average Bonchev–Trinajstić information content (AvgIpc) is 2.73. The van der Waals surface area contributed by atoms with E-state index in [4.69, 9.17) is 20.3 Å². The fourth-order valence-electron chi connectivity index (χ4n) is 2.01. The smallest absolute Gasteiger partial charge is 0.398 e. The predicted octanol–water partition coefficient (Wildman–Crippen LogP) is 1.22. The van der Waals surface area contributed by atoms with Crippen LogP contribution in [0.2, 0.25) is 0 Å². The number of pyridine rings is 1. The number of rotatable bonds is 3. The second kappa shape index (κ2) is 4.97. The van der Waals surface area contributed by atoms with E-state index in [-0.39, 0.29) is 5.69 Å². The second-order valence-corrected chi connectivity index (χ2v) is 6.02. The Morgan fingerprint density at radius 1 is 1.38 bits per heavy atom. The molecule has 114 valence electrons. The van der Waals surface area contributed by atoms with Crippen LogP contribution in [0, 0.1) is 0 Å². The minimum Gasteiger partial charge on any atom is -0.398 e. The van der Waals surface area contributed by atoms with E-state index in [1.54, 1.807) is 0 Å². The first-order chi connectivity index (χ1) is 12.9. The molecule has 6 heteroatoms. The normalized spacial score (nSPS) is 36.8. The van der Waals surface area contributed by atoms with Crippen molar-refractivity contribution >= 4 is 18.4 Å². The number of hydrogen-bond acceptors (Lipinski definition) is 5. The summed E-state index contributed by atoms with van der Waals surface area (Å²) in [5, 5.41) is 0. The summed E-state index contributed by atoms with van der Waals surface area (Å²) in [4.78, 5) is 4.85. The SMILES string of the molecule is [2H]C([2H])([2H])OC1([2H])C([2H])([2H])N(c2ccc(B3OC(C)(C)C(C)(C)O3)nc2)C1([2H])[2H]. The molecule has 0 bridgehead atoms. The van der Waals surface area contributed by atoms with Crippen LogP contribution in [0.4, 0.5) is 5.69 Å². The molecule has 0 aliphatic carbocycles. The highest BCUT2D eigenvalue weighted by Crippen LogP contribution is 2.36. The topological polar surface area (TPSA) is 43.8 Å². The van der Waals surface area contributed by atoms with Crippen molar-refractivity contribution in [1.29, 1.82) is 0 Å². The molecule has 5 nitrogen and oxygen atoms in total. The van der Waals surface area contributed by atoms with Gasteiger partial charge in [-0.2, -0.15) is 0 Å². The fraction of sp³-hybridized carbons (Fsp3) is 0.667. The van der Waals surface area contributed by atoms with Crippen molar-refractivity contribution in [3.8, 4) is 0 Å². The number of aromatic nitrogens is 1. The summed E-state index contributed by atoms with van der Waals surface area (Å²) in [6.07, 6.45) is -1.72. The monoisotopic (exact) mass is 298 g/mol. The van der Waals surface area contributed by atoms with Crippen LogP contribution >= 0.6 is 0 Å². The van der Waals surface area contributed by atoms with Crippen LogP contribution in [0.1, 0.15) is 38.7 Å². The summed E-state index contributed by atoms with van der Waals surface area (Å²) in [6.45, 7) is 2.07. The molecule has 0 amide bonds. The maximum Gasteiger partial charge on any atom is 0.514 e. The van der Waals surface area contributed by atoms with Crippen LogP contribution in [0.15, 0.2) is 18.3 Å². The van der Waals surface area contributed by atoms with E-state index < -0.39 is 44.4 Å². The van der Waals surface area contributed by atoms with Gasteiger partial charge < -0.3 is 18.9 Å². The minimum atomic E-state index is -3.13. The molecule has 2 saturated heterocycles. The van der Waals surface area contributed by atoms with Crippen LogP contribution in [0.3, 0.4) is 0 Å². The fourth-order valence-corrected chi connectivity index (χ4v) is 2.01. The van der Waals surface area contributed by atoms with Gasteiger partial charge in [-0.25, -0.2) is 0 Å². The van der Waals surface area contributed by atoms with Crippen molar-refractivity contribution in [2.45, 2.75) is 45.0 Å². The Hall–Kier alpha value is -1.11. The van der Waals surface area contributed by atoms with Gasteiger partial charge in [0.25, 0.3) is 0 Å². The Balaban J connectivity index is 1.86. The zero-order valence-corrected chi connectivity index (χ0v) is 12.4. The van der Waals surface area contributed by atoms with Gasteiger partial charge >= 0.3 is 7.12 Å². The van der Waals surface area contributed by atoms with Gasteiger partial charge in [0.2, 0.25) is 0 Å². The molecule has 0 spiro atoms. The molecular formula is C15H23BN2O3. The lowest BCUT2D eigenvalue weighted by atomic mass is 9.84. The number of nitrogens with zero attached hydrogens (tertiary/aromatic N) is 2. The third kappa shape index (κ3) is 2.56. The lowest BCUT2D eigenvalue weighted by Gasteiger charge is -2.39. The standard InChI is InChI=1S/C15H23BN2O3/c1-14(2)15(3,4)21-16(20-14)13-7-6-11(8-17-13)18-9-12(10-18)19-5/h6-8,12H,9-10H2,1-5H3/i5D3,9D2,10D2,12D. The Bertz CT molecular complexity index is 768. The molecule has 2 aliphatic rings. The first kappa shape index (κ1) is 7.95. The quantitative estimate of drug-likeness (QED) is 0.785. The summed E-state index contributed by atoms with van der Waals surface area (Å²) in [5.41, 5.74) is -0.689. The average molecular weight is 298 g/mol. The Labute approximate surface area is 138 Å². The zero-order valence-electron chi connectivity index (χ0n) is 20.4. The number of hydrogen-bond donors (Lipinski definition) is 0. The van der Waals surface area contributed by atoms with Crippen molar-refractivity contribution in [2.75, 3.05) is 24.9 Å². The molecule has 0 N–H and O–H groups in total. The van der Waals surface area contributed by atoms with Crippen LogP contribution in [-0.2, 0) is 14.0 Å². The maximum absolute atomic E-state index is 8.09.